The average Bonchev–Trinajstić information content (AvgIpc) is 3.24. The van der Waals surface area contributed by atoms with E-state index in [0.29, 0.717) is 28.2 Å². The molecule has 0 radical (unpaired) electrons. The van der Waals surface area contributed by atoms with Crippen LogP contribution in [0.15, 0.2) is 69.8 Å². The number of carbonyl (C=O) groups excluding carboxylic acids is 4. The Morgan fingerprint density at radius 2 is 1.59 bits per heavy atom. The molecule has 14 heteroatoms. The van der Waals surface area contributed by atoms with Crippen LogP contribution in [0.5, 0.6) is 11.5 Å². The first kappa shape index (κ1) is 31.8. The van der Waals surface area contributed by atoms with E-state index in [1.807, 2.05) is 0 Å². The summed E-state index contributed by atoms with van der Waals surface area (Å²) in [6, 6.07) is 4.92. The van der Waals surface area contributed by atoms with Crippen LogP contribution in [-0.2, 0) is 31.5 Å². The number of alkyl halides is 6. The first-order chi connectivity index (χ1) is 21.5. The molecule has 0 spiro atoms. The Balaban J connectivity index is 1.48. The van der Waals surface area contributed by atoms with Crippen LogP contribution < -0.4 is 9.64 Å². The number of aromatic hydroxyl groups is 1. The first-order valence-electron chi connectivity index (χ1n) is 14.0. The number of ether oxygens (including phenoxy) is 1. The predicted octanol–water partition coefficient (Wildman–Crippen LogP) is 6.80. The molecule has 3 aliphatic carbocycles. The zero-order chi connectivity index (χ0) is 33.5. The fourth-order valence-electron chi connectivity index (χ4n) is 6.89. The molecule has 0 bridgehead atoms. The molecular formula is C32H22BrF6NO6. The van der Waals surface area contributed by atoms with Gasteiger partial charge in [-0.15, -0.1) is 0 Å². The number of carbonyl (C=O) groups is 4. The maximum Gasteiger partial charge on any atom is 0.416 e. The van der Waals surface area contributed by atoms with Gasteiger partial charge in [0.05, 0.1) is 39.7 Å². The number of rotatable bonds is 4. The summed E-state index contributed by atoms with van der Waals surface area (Å²) < 4.78 is 87.3. The van der Waals surface area contributed by atoms with E-state index in [1.165, 1.54) is 18.2 Å². The second kappa shape index (κ2) is 11.0. The van der Waals surface area contributed by atoms with E-state index in [2.05, 4.69) is 15.9 Å². The Hall–Kier alpha value is -4.20. The van der Waals surface area contributed by atoms with Gasteiger partial charge in [-0.3, -0.25) is 19.2 Å². The van der Waals surface area contributed by atoms with Crippen LogP contribution in [0.4, 0.5) is 32.0 Å². The monoisotopic (exact) mass is 709 g/mol. The Bertz CT molecular complexity index is 1790. The normalized spacial score (nSPS) is 24.8. The Kier molecular flexibility index (Phi) is 7.57. The lowest BCUT2D eigenvalue weighted by molar-refractivity contribution is -0.143. The number of benzene rings is 2. The minimum Gasteiger partial charge on any atom is -0.504 e. The van der Waals surface area contributed by atoms with E-state index >= 15 is 0 Å². The largest absolute Gasteiger partial charge is 0.504 e. The standard InChI is InChI=1S/C32H22BrF6NO6/c1-2-46-24-7-13(3-6-22(24)41)25-17-4-5-18-26(19(17)11-20-27(25)23(42)12-21(33)28(20)43)30(45)40(29(18)44)16-9-14(31(34,35)36)8-15(10-16)32(37,38)39/h3-4,6-10,12,18-19,25-26,41H,2,5,11H2,1H3. The van der Waals surface area contributed by atoms with Crippen molar-refractivity contribution in [1.29, 1.82) is 0 Å². The molecule has 2 aromatic carbocycles. The van der Waals surface area contributed by atoms with E-state index in [4.69, 9.17) is 4.74 Å². The highest BCUT2D eigenvalue weighted by Gasteiger charge is 2.57. The summed E-state index contributed by atoms with van der Waals surface area (Å²) in [6.07, 6.45) is -7.92. The van der Waals surface area contributed by atoms with Gasteiger partial charge in [-0.1, -0.05) is 17.7 Å². The predicted molar refractivity (Wildman–Crippen MR) is 153 cm³/mol. The summed E-state index contributed by atoms with van der Waals surface area (Å²) in [6.45, 7) is 1.88. The molecule has 1 N–H and O–H groups in total. The van der Waals surface area contributed by atoms with Gasteiger partial charge in [0.2, 0.25) is 11.8 Å². The van der Waals surface area contributed by atoms with Crippen LogP contribution in [0.3, 0.4) is 0 Å². The molecule has 46 heavy (non-hydrogen) atoms. The van der Waals surface area contributed by atoms with Crippen molar-refractivity contribution in [3.05, 3.63) is 86.4 Å². The van der Waals surface area contributed by atoms with Crippen molar-refractivity contribution in [3.8, 4) is 11.5 Å². The molecular weight excluding hydrogens is 688 g/mol. The van der Waals surface area contributed by atoms with Crippen molar-refractivity contribution in [2.45, 2.75) is 38.0 Å². The highest BCUT2D eigenvalue weighted by atomic mass is 79.9. The number of Topliss-reactive ketones (excluding diaryl/α,β-unsaturated/α-hetero) is 1. The van der Waals surface area contributed by atoms with Gasteiger partial charge in [-0.25, -0.2) is 4.90 Å². The van der Waals surface area contributed by atoms with Gasteiger partial charge in [-0.2, -0.15) is 26.3 Å². The number of halogens is 7. The van der Waals surface area contributed by atoms with Crippen molar-refractivity contribution < 1.29 is 55.4 Å². The number of allylic oxidation sites excluding steroid dienone is 6. The van der Waals surface area contributed by atoms with Crippen LogP contribution in [0, 0.1) is 17.8 Å². The number of phenolic OH excluding ortho intramolecular Hbond substituents is 1. The molecule has 1 saturated heterocycles. The molecule has 2 amide bonds. The number of nitrogens with zero attached hydrogens (tertiary/aromatic N) is 1. The lowest BCUT2D eigenvalue weighted by Crippen LogP contribution is -2.39. The second-order valence-electron chi connectivity index (χ2n) is 11.3. The molecule has 240 valence electrons. The van der Waals surface area contributed by atoms with E-state index in [1.54, 1.807) is 13.0 Å². The molecule has 1 heterocycles. The number of imide groups is 1. The molecule has 4 unspecified atom stereocenters. The van der Waals surface area contributed by atoms with E-state index in [9.17, 15) is 50.6 Å². The molecule has 6 rings (SSSR count). The molecule has 0 aromatic heterocycles. The van der Waals surface area contributed by atoms with Gasteiger partial charge in [0.25, 0.3) is 0 Å². The minimum atomic E-state index is -5.21. The molecule has 1 fully saturated rings. The topological polar surface area (TPSA) is 101 Å². The van der Waals surface area contributed by atoms with Gasteiger partial charge < -0.3 is 9.84 Å². The second-order valence-corrected chi connectivity index (χ2v) is 12.2. The SMILES string of the molecule is CCOc1cc(C2C3=CCC4C(=O)N(c5cc(C(F)(F)F)cc(C(F)(F)F)c5)C(=O)C4C3CC3=C2C(=O)C=C(Br)C3=O)ccc1O. The van der Waals surface area contributed by atoms with Crippen LogP contribution in [0.2, 0.25) is 0 Å². The zero-order valence-corrected chi connectivity index (χ0v) is 25.2. The van der Waals surface area contributed by atoms with Gasteiger partial charge in [-0.05, 0) is 77.5 Å². The third-order valence-corrected chi connectivity index (χ3v) is 9.37. The third-order valence-electron chi connectivity index (χ3n) is 8.78. The Morgan fingerprint density at radius 1 is 0.935 bits per heavy atom. The quantitative estimate of drug-likeness (QED) is 0.162. The average molecular weight is 710 g/mol. The fraction of sp³-hybridized carbons (Fsp3) is 0.312. The molecule has 1 aliphatic heterocycles. The lowest BCUT2D eigenvalue weighted by atomic mass is 9.59. The van der Waals surface area contributed by atoms with Crippen LogP contribution >= 0.6 is 15.9 Å². The minimum absolute atomic E-state index is 0.0328. The van der Waals surface area contributed by atoms with E-state index < -0.39 is 76.2 Å². The number of anilines is 1. The van der Waals surface area contributed by atoms with E-state index in [-0.39, 0.29) is 52.6 Å². The van der Waals surface area contributed by atoms with Crippen LogP contribution in [0.1, 0.15) is 42.4 Å². The third kappa shape index (κ3) is 5.06. The maximum atomic E-state index is 14.0. The Labute approximate surface area is 265 Å². The smallest absolute Gasteiger partial charge is 0.416 e. The van der Waals surface area contributed by atoms with Gasteiger partial charge in [0.15, 0.2) is 23.1 Å². The van der Waals surface area contributed by atoms with Crippen LogP contribution in [-0.4, -0.2) is 35.1 Å². The number of ketones is 2. The number of fused-ring (bicyclic) bond motifs is 3. The summed E-state index contributed by atoms with van der Waals surface area (Å²) in [5, 5.41) is 10.3. The van der Waals surface area contributed by atoms with Crippen molar-refractivity contribution in [2.24, 2.45) is 17.8 Å². The maximum absolute atomic E-state index is 14.0. The van der Waals surface area contributed by atoms with Crippen molar-refractivity contribution >= 4 is 45.0 Å². The lowest BCUT2D eigenvalue weighted by Gasteiger charge is -2.42. The first-order valence-corrected chi connectivity index (χ1v) is 14.8. The highest BCUT2D eigenvalue weighted by Crippen LogP contribution is 2.56. The molecule has 2 aromatic rings. The number of amides is 2. The number of phenols is 1. The summed E-state index contributed by atoms with van der Waals surface area (Å²) in [7, 11) is 0. The highest BCUT2D eigenvalue weighted by molar-refractivity contribution is 9.12. The molecule has 7 nitrogen and oxygen atoms in total. The van der Waals surface area contributed by atoms with Crippen molar-refractivity contribution in [3.63, 3.8) is 0 Å². The summed E-state index contributed by atoms with van der Waals surface area (Å²) >= 11 is 3.10. The van der Waals surface area contributed by atoms with E-state index in [0.717, 1.165) is 6.08 Å². The van der Waals surface area contributed by atoms with Gasteiger partial charge >= 0.3 is 12.4 Å². The van der Waals surface area contributed by atoms with Gasteiger partial charge in [0.1, 0.15) is 0 Å². The summed E-state index contributed by atoms with van der Waals surface area (Å²) in [4.78, 5) is 54.8. The van der Waals surface area contributed by atoms with Crippen molar-refractivity contribution in [2.75, 3.05) is 11.5 Å². The van der Waals surface area contributed by atoms with Gasteiger partial charge in [0, 0.05) is 23.1 Å². The summed E-state index contributed by atoms with van der Waals surface area (Å²) in [5.74, 6) is -7.32. The summed E-state index contributed by atoms with van der Waals surface area (Å²) in [5.41, 5.74) is -3.12. The zero-order valence-electron chi connectivity index (χ0n) is 23.6. The number of hydrogen-bond acceptors (Lipinski definition) is 6. The molecule has 0 saturated carbocycles. The van der Waals surface area contributed by atoms with Crippen LogP contribution in [0.25, 0.3) is 0 Å². The van der Waals surface area contributed by atoms with Crippen molar-refractivity contribution in [1.82, 2.24) is 0 Å². The molecule has 4 aliphatic rings. The number of hydrogen-bond donors (Lipinski definition) is 1. The molecule has 4 atom stereocenters. The fourth-order valence-corrected chi connectivity index (χ4v) is 7.34. The Morgan fingerprint density at radius 3 is 2.20 bits per heavy atom.